The molecule has 0 unspecified atom stereocenters. The van der Waals surface area contributed by atoms with E-state index in [2.05, 4.69) is 16.8 Å². The molecule has 0 radical (unpaired) electrons. The van der Waals surface area contributed by atoms with Crippen molar-refractivity contribution in [3.63, 3.8) is 0 Å². The minimum Gasteiger partial charge on any atom is -0.396 e. The Balaban J connectivity index is 2.87. The molecule has 0 saturated heterocycles. The number of aromatic nitrogens is 1. The molecular formula is C9H7ClN2O. The molecule has 0 aliphatic carbocycles. The van der Waals surface area contributed by atoms with E-state index in [1.807, 2.05) is 0 Å². The number of pyridine rings is 1. The van der Waals surface area contributed by atoms with E-state index >= 15 is 0 Å². The highest BCUT2D eigenvalue weighted by Crippen LogP contribution is 2.15. The SMILES string of the molecule is Nc1cc(C#CCC=O)cnc1Cl. The van der Waals surface area contributed by atoms with Crippen molar-refractivity contribution in [2.45, 2.75) is 6.42 Å². The van der Waals surface area contributed by atoms with Crippen molar-refractivity contribution in [2.24, 2.45) is 0 Å². The van der Waals surface area contributed by atoms with Crippen molar-refractivity contribution < 1.29 is 4.79 Å². The summed E-state index contributed by atoms with van der Waals surface area (Å²) < 4.78 is 0. The van der Waals surface area contributed by atoms with Gasteiger partial charge in [-0.25, -0.2) is 4.98 Å². The lowest BCUT2D eigenvalue weighted by Gasteiger charge is -1.95. The van der Waals surface area contributed by atoms with Crippen molar-refractivity contribution in [3.05, 3.63) is 23.0 Å². The number of nitrogen functional groups attached to an aromatic ring is 1. The second-order valence-corrected chi connectivity index (χ2v) is 2.63. The van der Waals surface area contributed by atoms with Crippen molar-refractivity contribution in [1.29, 1.82) is 0 Å². The third-order valence-corrected chi connectivity index (χ3v) is 1.60. The Bertz CT molecular complexity index is 379. The van der Waals surface area contributed by atoms with Crippen LogP contribution in [0, 0.1) is 11.8 Å². The summed E-state index contributed by atoms with van der Waals surface area (Å²) in [5, 5.41) is 0.265. The molecule has 13 heavy (non-hydrogen) atoms. The van der Waals surface area contributed by atoms with Gasteiger partial charge in [0.05, 0.1) is 12.1 Å². The molecule has 0 aliphatic rings. The number of nitrogens with zero attached hydrogens (tertiary/aromatic N) is 1. The molecule has 0 amide bonds. The maximum absolute atomic E-state index is 9.95. The third kappa shape index (κ3) is 2.77. The van der Waals surface area contributed by atoms with Crippen molar-refractivity contribution in [3.8, 4) is 11.8 Å². The minimum atomic E-state index is 0.211. The van der Waals surface area contributed by atoms with Gasteiger partial charge in [-0.1, -0.05) is 23.4 Å². The van der Waals surface area contributed by atoms with Gasteiger partial charge in [0.25, 0.3) is 0 Å². The quantitative estimate of drug-likeness (QED) is 0.416. The van der Waals surface area contributed by atoms with Gasteiger partial charge in [-0.15, -0.1) is 0 Å². The van der Waals surface area contributed by atoms with Crippen molar-refractivity contribution in [1.82, 2.24) is 4.98 Å². The van der Waals surface area contributed by atoms with E-state index in [0.717, 1.165) is 6.29 Å². The Morgan fingerprint density at radius 1 is 1.69 bits per heavy atom. The van der Waals surface area contributed by atoms with Gasteiger partial charge >= 0.3 is 0 Å². The topological polar surface area (TPSA) is 56.0 Å². The fraction of sp³-hybridized carbons (Fsp3) is 0.111. The van der Waals surface area contributed by atoms with E-state index in [1.165, 1.54) is 6.20 Å². The Morgan fingerprint density at radius 2 is 2.46 bits per heavy atom. The zero-order valence-electron chi connectivity index (χ0n) is 6.75. The molecule has 4 heteroatoms. The number of anilines is 1. The van der Waals surface area contributed by atoms with Gasteiger partial charge in [0.2, 0.25) is 0 Å². The maximum atomic E-state index is 9.95. The molecule has 0 spiro atoms. The van der Waals surface area contributed by atoms with E-state index < -0.39 is 0 Å². The summed E-state index contributed by atoms with van der Waals surface area (Å²) in [7, 11) is 0. The molecule has 0 atom stereocenters. The highest BCUT2D eigenvalue weighted by Gasteiger charge is 1.96. The van der Waals surface area contributed by atoms with Gasteiger partial charge in [-0.2, -0.15) is 0 Å². The molecule has 3 nitrogen and oxygen atoms in total. The van der Waals surface area contributed by atoms with Gasteiger partial charge in [-0.3, -0.25) is 0 Å². The Kier molecular flexibility index (Phi) is 3.30. The molecule has 0 fully saturated rings. The number of hydrogen-bond acceptors (Lipinski definition) is 3. The average Bonchev–Trinajstić information content (AvgIpc) is 2.12. The van der Waals surface area contributed by atoms with Crippen LogP contribution >= 0.6 is 11.6 Å². The van der Waals surface area contributed by atoms with E-state index in [-0.39, 0.29) is 11.6 Å². The maximum Gasteiger partial charge on any atom is 0.151 e. The lowest BCUT2D eigenvalue weighted by Crippen LogP contribution is -1.90. The lowest BCUT2D eigenvalue weighted by atomic mass is 10.2. The minimum absolute atomic E-state index is 0.211. The molecule has 66 valence electrons. The van der Waals surface area contributed by atoms with E-state index in [4.69, 9.17) is 17.3 Å². The second-order valence-electron chi connectivity index (χ2n) is 2.28. The molecule has 0 aromatic carbocycles. The number of carbonyl (C=O) groups excluding carboxylic acids is 1. The summed E-state index contributed by atoms with van der Waals surface area (Å²) in [6.07, 6.45) is 2.46. The van der Waals surface area contributed by atoms with Gasteiger partial charge in [-0.05, 0) is 6.07 Å². The standard InChI is InChI=1S/C9H7ClN2O/c10-9-8(11)5-7(6-12-9)3-1-2-4-13/h4-6H,2,11H2. The van der Waals surface area contributed by atoms with Gasteiger partial charge in [0, 0.05) is 11.8 Å². The fourth-order valence-corrected chi connectivity index (χ4v) is 0.832. The largest absolute Gasteiger partial charge is 0.396 e. The molecule has 0 aliphatic heterocycles. The van der Waals surface area contributed by atoms with Crippen LogP contribution < -0.4 is 5.73 Å². The first-order valence-corrected chi connectivity index (χ1v) is 3.95. The fourth-order valence-electron chi connectivity index (χ4n) is 0.728. The highest BCUT2D eigenvalue weighted by molar-refractivity contribution is 6.31. The normalized spacial score (nSPS) is 8.69. The van der Waals surface area contributed by atoms with Crippen LogP contribution in [0.15, 0.2) is 12.3 Å². The molecule has 1 rings (SSSR count). The Morgan fingerprint density at radius 3 is 3.08 bits per heavy atom. The lowest BCUT2D eigenvalue weighted by molar-refractivity contribution is -0.107. The summed E-state index contributed by atoms with van der Waals surface area (Å²) >= 11 is 5.60. The van der Waals surface area contributed by atoms with Crippen LogP contribution in [0.4, 0.5) is 5.69 Å². The Labute approximate surface area is 80.9 Å². The molecule has 1 aromatic heterocycles. The summed E-state index contributed by atoms with van der Waals surface area (Å²) in [6.45, 7) is 0. The molecule has 0 saturated carbocycles. The van der Waals surface area contributed by atoms with Crippen LogP contribution in [0.25, 0.3) is 0 Å². The van der Waals surface area contributed by atoms with Crippen molar-refractivity contribution in [2.75, 3.05) is 5.73 Å². The third-order valence-electron chi connectivity index (χ3n) is 1.28. The van der Waals surface area contributed by atoms with Crippen LogP contribution in [0.2, 0.25) is 5.15 Å². The predicted octanol–water partition coefficient (Wildman–Crippen LogP) is 1.26. The molecule has 1 heterocycles. The highest BCUT2D eigenvalue weighted by atomic mass is 35.5. The number of aldehydes is 1. The smallest absolute Gasteiger partial charge is 0.151 e. The first-order valence-electron chi connectivity index (χ1n) is 3.57. The van der Waals surface area contributed by atoms with Crippen LogP contribution in [0.1, 0.15) is 12.0 Å². The number of hydrogen-bond donors (Lipinski definition) is 1. The monoisotopic (exact) mass is 194 g/mol. The summed E-state index contributed by atoms with van der Waals surface area (Å²) in [5.41, 5.74) is 6.54. The van der Waals surface area contributed by atoms with Crippen molar-refractivity contribution >= 4 is 23.6 Å². The molecule has 2 N–H and O–H groups in total. The predicted molar refractivity (Wildman–Crippen MR) is 51.2 cm³/mol. The zero-order valence-corrected chi connectivity index (χ0v) is 7.51. The molecule has 1 aromatic rings. The number of rotatable bonds is 1. The van der Waals surface area contributed by atoms with Crippen LogP contribution in [0.3, 0.4) is 0 Å². The Hall–Kier alpha value is -1.53. The van der Waals surface area contributed by atoms with Crippen LogP contribution in [-0.4, -0.2) is 11.3 Å². The number of carbonyl (C=O) groups is 1. The van der Waals surface area contributed by atoms with Gasteiger partial charge in [0.1, 0.15) is 6.29 Å². The first kappa shape index (κ1) is 9.56. The summed E-state index contributed by atoms with van der Waals surface area (Å²) in [4.78, 5) is 13.8. The van der Waals surface area contributed by atoms with Crippen LogP contribution in [-0.2, 0) is 4.79 Å². The molecular weight excluding hydrogens is 188 g/mol. The van der Waals surface area contributed by atoms with Gasteiger partial charge < -0.3 is 10.5 Å². The van der Waals surface area contributed by atoms with Gasteiger partial charge in [0.15, 0.2) is 5.15 Å². The first-order chi connectivity index (χ1) is 6.24. The van der Waals surface area contributed by atoms with E-state index in [1.54, 1.807) is 6.07 Å². The number of nitrogens with two attached hydrogens (primary N) is 1. The number of halogens is 1. The second kappa shape index (κ2) is 4.48. The summed E-state index contributed by atoms with van der Waals surface area (Å²) in [6, 6.07) is 1.62. The zero-order chi connectivity index (χ0) is 9.68. The van der Waals surface area contributed by atoms with E-state index in [9.17, 15) is 4.79 Å². The average molecular weight is 195 g/mol. The summed E-state index contributed by atoms with van der Waals surface area (Å²) in [5.74, 6) is 5.37. The molecule has 0 bridgehead atoms. The van der Waals surface area contributed by atoms with E-state index in [0.29, 0.717) is 11.3 Å². The van der Waals surface area contributed by atoms with Crippen LogP contribution in [0.5, 0.6) is 0 Å².